The van der Waals surface area contributed by atoms with Crippen molar-refractivity contribution in [3.8, 4) is 69.5 Å². The Morgan fingerprint density at radius 1 is 0.329 bits per heavy atom. The van der Waals surface area contributed by atoms with Crippen LogP contribution in [0.15, 0.2) is 384 Å². The Bertz CT molecular complexity index is 7160. The molecule has 0 spiro atoms. The Kier molecular flexibility index (Phi) is 37.6. The minimum Gasteiger partial charge on any atom is -0.507 e. The summed E-state index contributed by atoms with van der Waals surface area (Å²) in [6, 6.07) is 109. The molecule has 5 aromatic heterocycles. The summed E-state index contributed by atoms with van der Waals surface area (Å²) >= 11 is 13.7. The van der Waals surface area contributed by atoms with Gasteiger partial charge in [-0.3, -0.25) is 25.0 Å². The SMILES string of the molecule is N#Cc1ccc(N(CCc2ccc(N)c(Br)c2)n2cncn2)cc1.N#Cc1ccc(N(CCc2ccc(O)c(Br)c2)n2cncn2)cc1.N#Cc1ccc(N(Cc2ccc(Br)cc2)n2cnnc2)c(-c2ccccc2)c1.N#Cc1ccc(N(Cc2ccc(Br)cc2)n2cnnc2)cc1-c1ccccc1.N#Cc1ccc(N(Cc2ccc(N)cc2)n2cnnc2)cc1-c1ccccc1.O=S(=O)=O.O=S(=O)=O. The maximum atomic E-state index is 9.59. The average Bonchev–Trinajstić information content (AvgIpc) is 1.17. The molecule has 40 heteroatoms. The predicted molar refractivity (Wildman–Crippen MR) is 543 cm³/mol. The van der Waals surface area contributed by atoms with Gasteiger partial charge in [0.2, 0.25) is 0 Å². The van der Waals surface area contributed by atoms with Gasteiger partial charge >= 0.3 is 21.2 Å². The van der Waals surface area contributed by atoms with Crippen LogP contribution in [0.25, 0.3) is 33.4 Å². The van der Waals surface area contributed by atoms with E-state index >= 15 is 0 Å². The third-order valence-corrected chi connectivity index (χ3v) is 22.9. The highest BCUT2D eigenvalue weighted by Crippen LogP contribution is 2.36. The standard InChI is InChI=1S/2C22H16BrN5.C22H18N6.C17H15BrN6.C17H14BrN5O.2O3S/c23-20-9-6-17(7-10-20)14-28(27-15-25-26-16-27)22-11-8-18(13-24)12-21(22)19-4-2-1-3-5-19;23-20-9-6-17(7-10-20)14-28(27-15-25-26-16-27)21-11-8-19(13-24)22(12-21)18-4-2-1-3-5-18;23-13-19-8-11-21(12-22(19)18-4-2-1-3-5-18)28(27-15-25-26-16-27)14-17-6-9-20(24)10-7-17;18-16-9-13(3-6-17(16)20)7-8-23(24-12-21-11-22-24)15-4-1-14(10-19)2-5-15;18-16-9-13(3-6-17(16)24)7-8-22(23-12-20-11-21-23)15-4-1-14(10-19)2-5-15;2*1-4(2)3/h2*1-12,15-16H,14H2;1-12,15-16H,14,24H2;1-6,9,11-12H,7-8,20H2;1-6,9,11-12,24H,7-8H2;;. The zero-order chi connectivity index (χ0) is 99.1. The molecule has 0 radical (unpaired) electrons. The number of aromatic nitrogens is 15. The van der Waals surface area contributed by atoms with Crippen molar-refractivity contribution in [3.05, 3.63) is 440 Å². The van der Waals surface area contributed by atoms with Crippen molar-refractivity contribution >= 4 is 125 Å². The van der Waals surface area contributed by atoms with Gasteiger partial charge in [-0.25, -0.2) is 24.0 Å². The lowest BCUT2D eigenvalue weighted by Gasteiger charge is -2.27. The number of aromatic hydroxyl groups is 1. The van der Waals surface area contributed by atoms with Crippen LogP contribution >= 0.6 is 63.7 Å². The molecule has 0 aliphatic rings. The molecule has 0 saturated carbocycles. The fourth-order valence-electron chi connectivity index (χ4n) is 13.8. The van der Waals surface area contributed by atoms with Crippen molar-refractivity contribution in [1.82, 2.24) is 74.4 Å². The number of nitrogen functional groups attached to an aromatic ring is 2. The van der Waals surface area contributed by atoms with Crippen molar-refractivity contribution in [3.63, 3.8) is 0 Å². The molecule has 0 fully saturated rings. The smallest absolute Gasteiger partial charge is 0.425 e. The summed E-state index contributed by atoms with van der Waals surface area (Å²) in [5, 5.41) is 98.3. The fourth-order valence-corrected chi connectivity index (χ4v) is 15.2. The minimum atomic E-state index is -3.11. The number of nitriles is 5. The Hall–Kier alpha value is -17.4. The Labute approximate surface area is 840 Å². The number of phenolic OH excluding ortho intramolecular Hbond substituents is 1. The molecule has 13 aromatic carbocycles. The van der Waals surface area contributed by atoms with Gasteiger partial charge in [0, 0.05) is 54.6 Å². The second-order valence-electron chi connectivity index (χ2n) is 29.6. The number of hydrogen-bond donors (Lipinski definition) is 3. The monoisotopic (exact) mass is 2150 g/mol. The molecule has 5 N–H and O–H groups in total. The molecule has 0 bridgehead atoms. The van der Waals surface area contributed by atoms with Crippen LogP contribution in [-0.2, 0) is 53.7 Å². The highest BCUT2D eigenvalue weighted by atomic mass is 79.9. The Balaban J connectivity index is 0.000000154. The molecule has 18 aromatic rings. The molecule has 0 saturated heterocycles. The van der Waals surface area contributed by atoms with E-state index in [-0.39, 0.29) is 5.75 Å². The molecular weight excluding hydrogens is 2080 g/mol. The van der Waals surface area contributed by atoms with E-state index in [2.05, 4.69) is 179 Å². The van der Waals surface area contributed by atoms with E-state index in [9.17, 15) is 20.9 Å². The number of anilines is 7. The highest BCUT2D eigenvalue weighted by Gasteiger charge is 2.21. The summed E-state index contributed by atoms with van der Waals surface area (Å²) in [4.78, 5) is 11.4. The number of halogens is 4. The van der Waals surface area contributed by atoms with Crippen LogP contribution in [0.1, 0.15) is 55.6 Å². The van der Waals surface area contributed by atoms with Crippen molar-refractivity contribution in [1.29, 1.82) is 26.3 Å². The largest absolute Gasteiger partial charge is 0.507 e. The zero-order valence-electron chi connectivity index (χ0n) is 73.7. The summed E-state index contributed by atoms with van der Waals surface area (Å²) in [7, 11) is -6.22. The van der Waals surface area contributed by atoms with Crippen LogP contribution in [-0.4, -0.2) is 118 Å². The lowest BCUT2D eigenvalue weighted by molar-refractivity contribution is 0.471. The molecule has 0 atom stereocenters. The van der Waals surface area contributed by atoms with Crippen molar-refractivity contribution in [2.45, 2.75) is 32.5 Å². The lowest BCUT2D eigenvalue weighted by atomic mass is 9.99. The first-order chi connectivity index (χ1) is 68.0. The van der Waals surface area contributed by atoms with Crippen LogP contribution in [0.2, 0.25) is 0 Å². The van der Waals surface area contributed by atoms with Gasteiger partial charge in [-0.1, -0.05) is 171 Å². The van der Waals surface area contributed by atoms with Gasteiger partial charge in [-0.15, -0.1) is 66.0 Å². The van der Waals surface area contributed by atoms with Gasteiger partial charge < -0.3 is 16.6 Å². The molecule has 5 heterocycles. The first kappa shape index (κ1) is 102. The van der Waals surface area contributed by atoms with Crippen molar-refractivity contribution in [2.24, 2.45) is 0 Å². The van der Waals surface area contributed by atoms with Crippen LogP contribution in [0.4, 0.5) is 39.8 Å². The van der Waals surface area contributed by atoms with E-state index in [1.807, 2.05) is 278 Å². The second kappa shape index (κ2) is 51.9. The van der Waals surface area contributed by atoms with E-state index in [0.717, 1.165) is 127 Å². The normalized spacial score (nSPS) is 10.1. The second-order valence-corrected chi connectivity index (χ2v) is 33.9. The van der Waals surface area contributed by atoms with E-state index in [1.165, 1.54) is 12.7 Å². The Morgan fingerprint density at radius 2 is 0.671 bits per heavy atom. The molecule has 34 nitrogen and oxygen atoms in total. The average molecular weight is 2150 g/mol. The van der Waals surface area contributed by atoms with Crippen LogP contribution in [0, 0.1) is 56.7 Å². The van der Waals surface area contributed by atoms with Crippen LogP contribution < -0.4 is 36.5 Å². The molecule has 0 unspecified atom stereocenters. The van der Waals surface area contributed by atoms with Crippen LogP contribution in [0.3, 0.4) is 0 Å². The first-order valence-electron chi connectivity index (χ1n) is 41.8. The molecule has 0 aliphatic heterocycles. The summed E-state index contributed by atoms with van der Waals surface area (Å²) in [6.45, 7) is 3.21. The maximum Gasteiger partial charge on any atom is 0.425 e. The van der Waals surface area contributed by atoms with E-state index < -0.39 is 21.2 Å². The zero-order valence-corrected chi connectivity index (χ0v) is 81.6. The molecule has 696 valence electrons. The molecular formula is C100H79Br4N27O7S2. The highest BCUT2D eigenvalue weighted by molar-refractivity contribution is 9.11. The Morgan fingerprint density at radius 3 is 1.04 bits per heavy atom. The molecule has 0 amide bonds. The quantitative estimate of drug-likeness (QED) is 0.0447. The van der Waals surface area contributed by atoms with Gasteiger partial charge in [0.25, 0.3) is 0 Å². The first-order valence-corrected chi connectivity index (χ1v) is 47.0. The summed E-state index contributed by atoms with van der Waals surface area (Å²) in [5.41, 5.74) is 32.3. The number of benzene rings is 13. The van der Waals surface area contributed by atoms with Crippen molar-refractivity contribution in [2.75, 3.05) is 49.6 Å². The van der Waals surface area contributed by atoms with E-state index in [0.29, 0.717) is 65.0 Å². The molecule has 0 aliphatic carbocycles. The molecule has 140 heavy (non-hydrogen) atoms. The van der Waals surface area contributed by atoms with Gasteiger partial charge in [-0.05, 0) is 253 Å². The summed E-state index contributed by atoms with van der Waals surface area (Å²) in [6.07, 6.45) is 17.8. The van der Waals surface area contributed by atoms with Crippen molar-refractivity contribution < 1.29 is 30.4 Å². The van der Waals surface area contributed by atoms with Gasteiger partial charge in [0.1, 0.15) is 69.0 Å². The van der Waals surface area contributed by atoms with Gasteiger partial charge in [0.15, 0.2) is 0 Å². The maximum absolute atomic E-state index is 9.59. The topological polar surface area (TPSA) is 463 Å². The third kappa shape index (κ3) is 29.8. The fraction of sp³-hybridized carbons (Fsp3) is 0.0700. The number of rotatable bonds is 25. The number of nitrogens with two attached hydrogens (primary N) is 2. The van der Waals surface area contributed by atoms with Crippen LogP contribution in [0.5, 0.6) is 5.75 Å². The lowest BCUT2D eigenvalue weighted by Crippen LogP contribution is -2.32. The minimum absolute atomic E-state index is 0.221. The molecule has 18 rings (SSSR count). The van der Waals surface area contributed by atoms with E-state index in [1.54, 1.807) is 90.5 Å². The number of nitrogens with zero attached hydrogens (tertiary/aromatic N) is 25. The van der Waals surface area contributed by atoms with Gasteiger partial charge in [0.05, 0.1) is 111 Å². The summed E-state index contributed by atoms with van der Waals surface area (Å²) in [5.74, 6) is 0.221. The summed E-state index contributed by atoms with van der Waals surface area (Å²) < 4.78 is 59.8. The third-order valence-electron chi connectivity index (χ3n) is 20.6. The number of phenols is 1. The van der Waals surface area contributed by atoms with Gasteiger partial charge in [-0.2, -0.15) is 35.9 Å². The predicted octanol–water partition coefficient (Wildman–Crippen LogP) is 18.1. The van der Waals surface area contributed by atoms with E-state index in [4.69, 9.17) is 47.2 Å². The number of hydrogen-bond acceptors (Lipinski definition) is 29.